The average molecular weight is 283 g/mol. The lowest BCUT2D eigenvalue weighted by Gasteiger charge is -2.32. The van der Waals surface area contributed by atoms with Crippen LogP contribution >= 0.6 is 0 Å². The molecule has 20 heavy (non-hydrogen) atoms. The third kappa shape index (κ3) is 9.35. The van der Waals surface area contributed by atoms with Crippen LogP contribution in [0.1, 0.15) is 72.1 Å². The molecule has 1 N–H and O–H groups in total. The Kier molecular flexibility index (Phi) is 11.8. The Morgan fingerprint density at radius 2 is 1.65 bits per heavy atom. The summed E-state index contributed by atoms with van der Waals surface area (Å²) in [6, 6.07) is 0. The van der Waals surface area contributed by atoms with Gasteiger partial charge in [0.15, 0.2) is 0 Å². The van der Waals surface area contributed by atoms with E-state index in [2.05, 4.69) is 13.8 Å². The third-order valence-electron chi connectivity index (χ3n) is 3.48. The molecule has 0 rings (SSSR count). The fourth-order valence-electron chi connectivity index (χ4n) is 2.28. The maximum Gasteiger partial charge on any atom is 0.293 e. The number of aliphatic hydroxyl groups excluding tert-OH is 1. The van der Waals surface area contributed by atoms with Gasteiger partial charge < -0.3 is 9.84 Å². The molecule has 0 amide bonds. The largest absolute Gasteiger partial charge is 0.461 e. The van der Waals surface area contributed by atoms with Crippen LogP contribution in [0.15, 0.2) is 0 Å². The fourth-order valence-corrected chi connectivity index (χ4v) is 2.28. The van der Waals surface area contributed by atoms with E-state index in [0.29, 0.717) is 6.47 Å². The van der Waals surface area contributed by atoms with Crippen LogP contribution in [0.5, 0.6) is 0 Å². The van der Waals surface area contributed by atoms with E-state index in [0.717, 1.165) is 51.4 Å². The molecule has 0 heterocycles. The molecule has 0 bridgehead atoms. The van der Waals surface area contributed by atoms with Gasteiger partial charge in [0.05, 0.1) is 6.10 Å². The SMILES string of the molecule is CCCCCC([CH][CH][CH]C(C)O)(CCCCC)OC=O. The molecule has 0 spiro atoms. The van der Waals surface area contributed by atoms with E-state index < -0.39 is 11.7 Å². The first-order valence-electron chi connectivity index (χ1n) is 7.92. The van der Waals surface area contributed by atoms with Crippen LogP contribution in [0, 0.1) is 19.3 Å². The minimum atomic E-state index is -0.502. The van der Waals surface area contributed by atoms with Crippen molar-refractivity contribution in [3.63, 3.8) is 0 Å². The first-order valence-corrected chi connectivity index (χ1v) is 7.92. The van der Waals surface area contributed by atoms with Crippen LogP contribution in [-0.2, 0) is 9.53 Å². The van der Waals surface area contributed by atoms with Crippen molar-refractivity contribution < 1.29 is 14.6 Å². The summed E-state index contributed by atoms with van der Waals surface area (Å²) in [6.45, 7) is 6.60. The zero-order valence-corrected chi connectivity index (χ0v) is 13.3. The van der Waals surface area contributed by atoms with Crippen molar-refractivity contribution in [2.45, 2.75) is 83.8 Å². The van der Waals surface area contributed by atoms with E-state index in [4.69, 9.17) is 4.74 Å². The summed E-state index contributed by atoms with van der Waals surface area (Å²) >= 11 is 0. The minimum absolute atomic E-state index is 0.480. The van der Waals surface area contributed by atoms with Crippen molar-refractivity contribution >= 4 is 6.47 Å². The quantitative estimate of drug-likeness (QED) is 0.386. The molecular weight excluding hydrogens is 252 g/mol. The van der Waals surface area contributed by atoms with Gasteiger partial charge in [-0.15, -0.1) is 0 Å². The highest BCUT2D eigenvalue weighted by atomic mass is 16.5. The topological polar surface area (TPSA) is 46.5 Å². The van der Waals surface area contributed by atoms with Gasteiger partial charge in [0, 0.05) is 6.42 Å². The first kappa shape index (κ1) is 19.4. The molecule has 0 aromatic heterocycles. The monoisotopic (exact) mass is 283 g/mol. The van der Waals surface area contributed by atoms with E-state index in [9.17, 15) is 9.90 Å². The molecule has 0 aromatic carbocycles. The fraction of sp³-hybridized carbons (Fsp3) is 0.765. The number of hydrogen-bond donors (Lipinski definition) is 1. The Morgan fingerprint density at radius 1 is 1.10 bits per heavy atom. The summed E-state index contributed by atoms with van der Waals surface area (Å²) < 4.78 is 5.44. The van der Waals surface area contributed by atoms with Crippen LogP contribution in [0.2, 0.25) is 0 Å². The van der Waals surface area contributed by atoms with Crippen molar-refractivity contribution in [2.75, 3.05) is 0 Å². The number of carbonyl (C=O) groups is 1. The maximum atomic E-state index is 10.9. The average Bonchev–Trinajstić information content (AvgIpc) is 2.39. The van der Waals surface area contributed by atoms with Crippen LogP contribution in [0.25, 0.3) is 0 Å². The highest BCUT2D eigenvalue weighted by Crippen LogP contribution is 2.30. The molecule has 3 nitrogen and oxygen atoms in total. The maximum absolute atomic E-state index is 10.9. The summed E-state index contributed by atoms with van der Waals surface area (Å²) in [4.78, 5) is 10.9. The van der Waals surface area contributed by atoms with E-state index in [-0.39, 0.29) is 0 Å². The smallest absolute Gasteiger partial charge is 0.293 e. The molecule has 0 aliphatic rings. The zero-order chi connectivity index (χ0) is 15.3. The van der Waals surface area contributed by atoms with E-state index in [1.807, 2.05) is 12.8 Å². The summed E-state index contributed by atoms with van der Waals surface area (Å²) in [7, 11) is 0. The molecule has 117 valence electrons. The number of unbranched alkanes of at least 4 members (excludes halogenated alkanes) is 4. The molecule has 0 aliphatic carbocycles. The van der Waals surface area contributed by atoms with Crippen LogP contribution < -0.4 is 0 Å². The van der Waals surface area contributed by atoms with Crippen LogP contribution in [0.3, 0.4) is 0 Å². The minimum Gasteiger partial charge on any atom is -0.461 e. The molecule has 0 saturated carbocycles. The normalized spacial score (nSPS) is 13.2. The second-order valence-corrected chi connectivity index (χ2v) is 5.49. The van der Waals surface area contributed by atoms with Gasteiger partial charge in [-0.1, -0.05) is 39.5 Å². The molecule has 0 aromatic rings. The molecule has 1 unspecified atom stereocenters. The molecule has 3 heteroatoms. The van der Waals surface area contributed by atoms with Gasteiger partial charge >= 0.3 is 0 Å². The molecular formula is C17H31O3. The Hall–Kier alpha value is -0.570. The highest BCUT2D eigenvalue weighted by Gasteiger charge is 2.31. The van der Waals surface area contributed by atoms with Crippen molar-refractivity contribution in [1.82, 2.24) is 0 Å². The van der Waals surface area contributed by atoms with E-state index in [1.54, 1.807) is 13.3 Å². The van der Waals surface area contributed by atoms with Gasteiger partial charge in [-0.05, 0) is 45.4 Å². The molecule has 3 radical (unpaired) electrons. The summed E-state index contributed by atoms with van der Waals surface area (Å²) in [5, 5.41) is 9.29. The number of carbonyl (C=O) groups excluding carboxylic acids is 1. The third-order valence-corrected chi connectivity index (χ3v) is 3.48. The summed E-state index contributed by atoms with van der Waals surface area (Å²) in [6.07, 6.45) is 13.4. The van der Waals surface area contributed by atoms with Crippen molar-refractivity contribution in [2.24, 2.45) is 0 Å². The Bertz CT molecular complexity index is 216. The molecule has 0 fully saturated rings. The number of ether oxygens (including phenoxy) is 1. The highest BCUT2D eigenvalue weighted by molar-refractivity contribution is 5.39. The summed E-state index contributed by atoms with van der Waals surface area (Å²) in [5.74, 6) is 0. The lowest BCUT2D eigenvalue weighted by Crippen LogP contribution is -2.33. The Balaban J connectivity index is 4.48. The number of hydrogen-bond acceptors (Lipinski definition) is 3. The van der Waals surface area contributed by atoms with Gasteiger partial charge in [-0.2, -0.15) is 0 Å². The standard InChI is InChI=1S/C17H31O3/c1-4-6-8-12-17(20-15-18,13-9-7-5-2)14-10-11-16(3)19/h10-11,14-16,19H,4-9,12-13H2,1-3H3. The Morgan fingerprint density at radius 3 is 2.05 bits per heavy atom. The van der Waals surface area contributed by atoms with Gasteiger partial charge in [0.1, 0.15) is 5.60 Å². The number of aliphatic hydroxyl groups is 1. The zero-order valence-electron chi connectivity index (χ0n) is 13.3. The van der Waals surface area contributed by atoms with Gasteiger partial charge in [-0.25, -0.2) is 0 Å². The van der Waals surface area contributed by atoms with Crippen LogP contribution in [0.4, 0.5) is 0 Å². The van der Waals surface area contributed by atoms with E-state index >= 15 is 0 Å². The second kappa shape index (κ2) is 12.2. The lowest BCUT2D eigenvalue weighted by atomic mass is 9.85. The predicted molar refractivity (Wildman–Crippen MR) is 82.7 cm³/mol. The van der Waals surface area contributed by atoms with Gasteiger partial charge in [0.2, 0.25) is 0 Å². The van der Waals surface area contributed by atoms with Crippen LogP contribution in [-0.4, -0.2) is 23.3 Å². The Labute approximate surface area is 125 Å². The van der Waals surface area contributed by atoms with Gasteiger partial charge in [0.25, 0.3) is 6.47 Å². The molecule has 0 saturated heterocycles. The first-order chi connectivity index (χ1) is 9.60. The molecule has 0 aliphatic heterocycles. The van der Waals surface area contributed by atoms with E-state index in [1.165, 1.54) is 0 Å². The van der Waals surface area contributed by atoms with Crippen molar-refractivity contribution in [3.05, 3.63) is 19.3 Å². The predicted octanol–water partition coefficient (Wildman–Crippen LogP) is 4.05. The lowest BCUT2D eigenvalue weighted by molar-refractivity contribution is -0.141. The molecule has 1 atom stereocenters. The van der Waals surface area contributed by atoms with Crippen molar-refractivity contribution in [1.29, 1.82) is 0 Å². The summed E-state index contributed by atoms with van der Waals surface area (Å²) in [5.41, 5.74) is -0.502. The number of rotatable bonds is 14. The second-order valence-electron chi connectivity index (χ2n) is 5.49. The van der Waals surface area contributed by atoms with Crippen molar-refractivity contribution in [3.8, 4) is 0 Å². The van der Waals surface area contributed by atoms with Gasteiger partial charge in [-0.3, -0.25) is 4.79 Å².